The number of piperidine rings is 1. The second-order valence-electron chi connectivity index (χ2n) is 7.58. The molecular weight excluding hydrogens is 433 g/mol. The van der Waals surface area contributed by atoms with Crippen LogP contribution in [-0.4, -0.2) is 67.7 Å². The predicted molar refractivity (Wildman–Crippen MR) is 113 cm³/mol. The Bertz CT molecular complexity index is 1170. The number of carbonyl (C=O) groups is 2. The summed E-state index contributed by atoms with van der Waals surface area (Å²) < 4.78 is 25.6. The van der Waals surface area contributed by atoms with Gasteiger partial charge in [-0.3, -0.25) is 4.79 Å². The molecule has 1 aromatic carbocycles. The molecule has 33 heavy (non-hydrogen) atoms. The Kier molecular flexibility index (Phi) is 6.20. The smallest absolute Gasteiger partial charge is 0.345 e. The van der Waals surface area contributed by atoms with Crippen molar-refractivity contribution in [1.29, 1.82) is 0 Å². The summed E-state index contributed by atoms with van der Waals surface area (Å²) in [5.41, 5.74) is -0.108. The third-order valence-corrected chi connectivity index (χ3v) is 5.53. The highest BCUT2D eigenvalue weighted by atomic mass is 19.1. The molecule has 2 unspecified atom stereocenters. The molecule has 0 radical (unpaired) electrons. The molecule has 2 atom stereocenters. The summed E-state index contributed by atoms with van der Waals surface area (Å²) in [6, 6.07) is 5.51. The Balaban J connectivity index is 1.61. The van der Waals surface area contributed by atoms with Gasteiger partial charge in [0.1, 0.15) is 17.5 Å². The summed E-state index contributed by atoms with van der Waals surface area (Å²) in [7, 11) is 1.36. The molecule has 0 aliphatic carbocycles. The summed E-state index contributed by atoms with van der Waals surface area (Å²) >= 11 is 0. The number of amides is 1. The summed E-state index contributed by atoms with van der Waals surface area (Å²) in [6.45, 7) is 2.06. The second-order valence-corrected chi connectivity index (χ2v) is 7.58. The first-order valence-corrected chi connectivity index (χ1v) is 10.3. The van der Waals surface area contributed by atoms with Crippen molar-refractivity contribution < 1.29 is 28.6 Å². The van der Waals surface area contributed by atoms with Gasteiger partial charge < -0.3 is 19.5 Å². The van der Waals surface area contributed by atoms with Crippen LogP contribution in [0.25, 0.3) is 5.69 Å². The maximum absolute atomic E-state index is 14.6. The molecule has 10 nitrogen and oxygen atoms in total. The Morgan fingerprint density at radius 1 is 1.15 bits per heavy atom. The molecule has 1 N–H and O–H groups in total. The highest BCUT2D eigenvalue weighted by Gasteiger charge is 2.34. The van der Waals surface area contributed by atoms with Crippen LogP contribution < -0.4 is 9.47 Å². The van der Waals surface area contributed by atoms with E-state index in [4.69, 9.17) is 9.47 Å². The summed E-state index contributed by atoms with van der Waals surface area (Å²) in [4.78, 5) is 31.9. The molecule has 3 aromatic rings. The van der Waals surface area contributed by atoms with Gasteiger partial charge in [0.25, 0.3) is 5.91 Å². The molecule has 0 saturated carbocycles. The van der Waals surface area contributed by atoms with E-state index in [-0.39, 0.29) is 41.0 Å². The Morgan fingerprint density at radius 3 is 2.61 bits per heavy atom. The van der Waals surface area contributed by atoms with Gasteiger partial charge in [0.15, 0.2) is 11.4 Å². The maximum Gasteiger partial charge on any atom is 0.345 e. The number of pyridine rings is 1. The first kappa shape index (κ1) is 22.2. The quantitative estimate of drug-likeness (QED) is 0.602. The van der Waals surface area contributed by atoms with Gasteiger partial charge in [-0.05, 0) is 38.0 Å². The molecule has 3 heterocycles. The third-order valence-electron chi connectivity index (χ3n) is 5.53. The normalized spacial score (nSPS) is 18.1. The zero-order chi connectivity index (χ0) is 23.5. The van der Waals surface area contributed by atoms with Gasteiger partial charge in [-0.15, -0.1) is 4.80 Å². The molecule has 2 aromatic heterocycles. The van der Waals surface area contributed by atoms with E-state index in [1.165, 1.54) is 50.0 Å². The Hall–Kier alpha value is -4.02. The number of carbonyl (C=O) groups excluding carboxylic acids is 1. The molecule has 0 bridgehead atoms. The molecule has 1 aliphatic rings. The van der Waals surface area contributed by atoms with Gasteiger partial charge >= 0.3 is 5.97 Å². The van der Waals surface area contributed by atoms with Crippen molar-refractivity contribution in [3.63, 3.8) is 0 Å². The summed E-state index contributed by atoms with van der Waals surface area (Å²) in [5, 5.41) is 17.5. The molecule has 1 aliphatic heterocycles. The van der Waals surface area contributed by atoms with Crippen molar-refractivity contribution in [2.24, 2.45) is 0 Å². The minimum absolute atomic E-state index is 0.0367. The van der Waals surface area contributed by atoms with E-state index in [0.717, 1.165) is 4.80 Å². The van der Waals surface area contributed by atoms with Crippen LogP contribution in [0.4, 0.5) is 4.39 Å². The molecule has 0 spiro atoms. The van der Waals surface area contributed by atoms with Crippen LogP contribution in [0.15, 0.2) is 42.9 Å². The van der Waals surface area contributed by atoms with Crippen LogP contribution in [0.3, 0.4) is 0 Å². The van der Waals surface area contributed by atoms with E-state index in [1.807, 2.05) is 6.92 Å². The number of halogens is 1. The zero-order valence-corrected chi connectivity index (χ0v) is 18.0. The fourth-order valence-electron chi connectivity index (χ4n) is 3.87. The zero-order valence-electron chi connectivity index (χ0n) is 18.0. The number of carboxylic acid groups (broad SMARTS) is 1. The van der Waals surface area contributed by atoms with Gasteiger partial charge in [-0.25, -0.2) is 14.2 Å². The molecule has 1 saturated heterocycles. The molecule has 172 valence electrons. The standard InChI is InChI=1S/C22H22FN5O5/c1-13-6-7-14(33-20-18(22(30)31)17(32-2)8-9-24-20)12-27(13)21(29)15-4-3-5-16(23)19(15)28-25-10-11-26-28/h3-5,8-11,13-14H,6-7,12H2,1-2H3,(H,30,31). The van der Waals surface area contributed by atoms with Crippen LogP contribution in [0.5, 0.6) is 11.6 Å². The number of likely N-dealkylation sites (tertiary alicyclic amines) is 1. The van der Waals surface area contributed by atoms with E-state index in [0.29, 0.717) is 12.8 Å². The van der Waals surface area contributed by atoms with Crippen molar-refractivity contribution in [3.8, 4) is 17.3 Å². The summed E-state index contributed by atoms with van der Waals surface area (Å²) in [6.07, 6.45) is 4.87. The lowest BCUT2D eigenvalue weighted by Crippen LogP contribution is -2.49. The number of methoxy groups -OCH3 is 1. The number of hydrogen-bond acceptors (Lipinski definition) is 7. The Morgan fingerprint density at radius 2 is 1.91 bits per heavy atom. The largest absolute Gasteiger partial charge is 0.496 e. The lowest BCUT2D eigenvalue weighted by Gasteiger charge is -2.38. The van der Waals surface area contributed by atoms with Gasteiger partial charge in [0.05, 0.1) is 31.6 Å². The van der Waals surface area contributed by atoms with Gasteiger partial charge in [-0.1, -0.05) is 6.07 Å². The first-order chi connectivity index (χ1) is 15.9. The summed E-state index contributed by atoms with van der Waals surface area (Å²) in [5.74, 6) is -2.22. The molecular formula is C22H22FN5O5. The van der Waals surface area contributed by atoms with E-state index in [1.54, 1.807) is 4.90 Å². The van der Waals surface area contributed by atoms with Gasteiger partial charge in [0.2, 0.25) is 5.88 Å². The molecule has 11 heteroatoms. The lowest BCUT2D eigenvalue weighted by molar-refractivity contribution is 0.0361. The third kappa shape index (κ3) is 4.34. The average molecular weight is 455 g/mol. The fourth-order valence-corrected chi connectivity index (χ4v) is 3.87. The molecule has 1 amide bonds. The number of hydrogen-bond donors (Lipinski definition) is 1. The number of benzene rings is 1. The number of rotatable bonds is 6. The number of carboxylic acids is 1. The number of para-hydroxylation sites is 1. The van der Waals surface area contributed by atoms with E-state index >= 15 is 0 Å². The number of nitrogens with zero attached hydrogens (tertiary/aromatic N) is 5. The minimum Gasteiger partial charge on any atom is -0.496 e. The predicted octanol–water partition coefficient (Wildman–Crippen LogP) is 2.58. The minimum atomic E-state index is -1.23. The van der Waals surface area contributed by atoms with E-state index in [2.05, 4.69) is 15.2 Å². The fraction of sp³-hybridized carbons (Fsp3) is 0.318. The van der Waals surface area contributed by atoms with Crippen LogP contribution in [0.1, 0.15) is 40.5 Å². The first-order valence-electron chi connectivity index (χ1n) is 10.3. The maximum atomic E-state index is 14.6. The van der Waals surface area contributed by atoms with E-state index in [9.17, 15) is 19.1 Å². The van der Waals surface area contributed by atoms with Crippen molar-refractivity contribution in [3.05, 3.63) is 59.8 Å². The van der Waals surface area contributed by atoms with Crippen molar-refractivity contribution in [2.75, 3.05) is 13.7 Å². The average Bonchev–Trinajstić information content (AvgIpc) is 3.33. The molecule has 1 fully saturated rings. The monoisotopic (exact) mass is 455 g/mol. The topological polar surface area (TPSA) is 120 Å². The highest BCUT2D eigenvalue weighted by molar-refractivity contribution is 5.98. The molecule has 4 rings (SSSR count). The van der Waals surface area contributed by atoms with Gasteiger partial charge in [-0.2, -0.15) is 10.2 Å². The van der Waals surface area contributed by atoms with Crippen molar-refractivity contribution >= 4 is 11.9 Å². The van der Waals surface area contributed by atoms with Gasteiger partial charge in [0, 0.05) is 12.2 Å². The van der Waals surface area contributed by atoms with Crippen molar-refractivity contribution in [2.45, 2.75) is 31.9 Å². The Labute approximate surface area is 188 Å². The van der Waals surface area contributed by atoms with Crippen LogP contribution in [-0.2, 0) is 0 Å². The SMILES string of the molecule is COc1ccnc(OC2CCC(C)N(C(=O)c3cccc(F)c3-n3nccn3)C2)c1C(=O)O. The lowest BCUT2D eigenvalue weighted by atomic mass is 9.99. The van der Waals surface area contributed by atoms with Crippen LogP contribution in [0, 0.1) is 5.82 Å². The number of aromatic carboxylic acids is 1. The van der Waals surface area contributed by atoms with Crippen LogP contribution >= 0.6 is 0 Å². The van der Waals surface area contributed by atoms with E-state index < -0.39 is 23.8 Å². The number of aromatic nitrogens is 4. The van der Waals surface area contributed by atoms with Crippen molar-refractivity contribution in [1.82, 2.24) is 24.9 Å². The van der Waals surface area contributed by atoms with Crippen LogP contribution in [0.2, 0.25) is 0 Å². The second kappa shape index (κ2) is 9.23. The highest BCUT2D eigenvalue weighted by Crippen LogP contribution is 2.30. The number of ether oxygens (including phenoxy) is 2.